The van der Waals surface area contributed by atoms with E-state index in [4.69, 9.17) is 27.9 Å². The molecule has 0 aliphatic carbocycles. The van der Waals surface area contributed by atoms with Gasteiger partial charge in [0.05, 0.1) is 28.2 Å². The first-order valence-electron chi connectivity index (χ1n) is 7.59. The summed E-state index contributed by atoms with van der Waals surface area (Å²) in [7, 11) is 3.14. The van der Waals surface area contributed by atoms with Crippen molar-refractivity contribution in [2.24, 2.45) is 0 Å². The van der Waals surface area contributed by atoms with Crippen LogP contribution in [0.3, 0.4) is 0 Å². The summed E-state index contributed by atoms with van der Waals surface area (Å²) in [5, 5.41) is 15.4. The number of aromatic nitrogens is 3. The second-order valence-electron chi connectivity index (χ2n) is 5.83. The smallest absolute Gasteiger partial charge is 0.414 e. The first kappa shape index (κ1) is 18.2. The van der Waals surface area contributed by atoms with E-state index in [2.05, 4.69) is 10.1 Å². The molecule has 0 bridgehead atoms. The number of halogens is 2. The summed E-state index contributed by atoms with van der Waals surface area (Å²) in [6.45, 7) is 1.69. The predicted molar refractivity (Wildman–Crippen MR) is 99.5 cm³/mol. The van der Waals surface area contributed by atoms with Crippen molar-refractivity contribution in [3.8, 4) is 28.4 Å². The molecule has 7 nitrogen and oxygen atoms in total. The van der Waals surface area contributed by atoms with Crippen LogP contribution in [0.15, 0.2) is 30.6 Å². The highest BCUT2D eigenvalue weighted by atomic mass is 35.5. The molecule has 0 saturated heterocycles. The number of aromatic amines is 1. The highest BCUT2D eigenvalue weighted by Crippen LogP contribution is 2.44. The SMILES string of the molecule is Cc1[nH]c(O)c(-c2cc(-n3cc(Cl)cn3)ccc2Cl)c1OC(=O)N(C)C. The van der Waals surface area contributed by atoms with Crippen molar-refractivity contribution in [2.75, 3.05) is 14.1 Å². The number of benzene rings is 1. The summed E-state index contributed by atoms with van der Waals surface area (Å²) < 4.78 is 6.98. The van der Waals surface area contributed by atoms with E-state index in [-0.39, 0.29) is 11.6 Å². The number of hydrogen-bond acceptors (Lipinski definition) is 4. The molecule has 136 valence electrons. The van der Waals surface area contributed by atoms with E-state index < -0.39 is 6.09 Å². The minimum atomic E-state index is -0.570. The molecule has 1 aromatic carbocycles. The standard InChI is InChI=1S/C17H16Cl2N4O3/c1-9-15(26-17(25)22(2)3)14(16(24)21-9)12-6-11(4-5-13(12)19)23-8-10(18)7-20-23/h4-8,21,24H,1-3H3. The molecule has 3 rings (SSSR count). The van der Waals surface area contributed by atoms with Gasteiger partial charge in [0.1, 0.15) is 0 Å². The fourth-order valence-electron chi connectivity index (χ4n) is 2.44. The van der Waals surface area contributed by atoms with Gasteiger partial charge in [0.15, 0.2) is 5.75 Å². The van der Waals surface area contributed by atoms with Crippen LogP contribution in [0.5, 0.6) is 11.6 Å². The van der Waals surface area contributed by atoms with Crippen molar-refractivity contribution in [3.05, 3.63) is 46.3 Å². The number of amides is 1. The molecule has 2 aromatic heterocycles. The Balaban J connectivity index is 2.13. The van der Waals surface area contributed by atoms with E-state index in [0.717, 1.165) is 0 Å². The molecule has 2 heterocycles. The number of carbonyl (C=O) groups excluding carboxylic acids is 1. The summed E-state index contributed by atoms with van der Waals surface area (Å²) >= 11 is 12.3. The average molecular weight is 395 g/mol. The van der Waals surface area contributed by atoms with E-state index in [9.17, 15) is 9.90 Å². The Labute approximate surface area is 159 Å². The highest BCUT2D eigenvalue weighted by Gasteiger charge is 2.23. The Morgan fingerprint density at radius 1 is 1.35 bits per heavy atom. The second kappa shape index (κ2) is 6.93. The van der Waals surface area contributed by atoms with Crippen LogP contribution in [-0.4, -0.2) is 45.0 Å². The molecule has 26 heavy (non-hydrogen) atoms. The molecule has 2 N–H and O–H groups in total. The number of nitrogens with zero attached hydrogens (tertiary/aromatic N) is 3. The molecule has 0 spiro atoms. The van der Waals surface area contributed by atoms with E-state index in [1.54, 1.807) is 50.1 Å². The zero-order valence-electron chi connectivity index (χ0n) is 14.2. The molecule has 9 heteroatoms. The summed E-state index contributed by atoms with van der Waals surface area (Å²) in [6.07, 6.45) is 2.58. The first-order chi connectivity index (χ1) is 12.3. The van der Waals surface area contributed by atoms with Gasteiger partial charge < -0.3 is 19.7 Å². The number of H-pyrrole nitrogens is 1. The topological polar surface area (TPSA) is 83.4 Å². The number of rotatable bonds is 3. The maximum Gasteiger partial charge on any atom is 0.414 e. The van der Waals surface area contributed by atoms with Crippen molar-refractivity contribution in [3.63, 3.8) is 0 Å². The number of aryl methyl sites for hydroxylation is 1. The minimum absolute atomic E-state index is 0.151. The average Bonchev–Trinajstić information content (AvgIpc) is 3.12. The molecule has 3 aromatic rings. The van der Waals surface area contributed by atoms with Crippen molar-refractivity contribution < 1.29 is 14.6 Å². The van der Waals surface area contributed by atoms with Gasteiger partial charge in [-0.2, -0.15) is 5.10 Å². The Bertz CT molecular complexity index is 979. The number of aromatic hydroxyl groups is 1. The minimum Gasteiger partial charge on any atom is -0.494 e. The third kappa shape index (κ3) is 3.36. The zero-order chi connectivity index (χ0) is 19.0. The Morgan fingerprint density at radius 3 is 2.69 bits per heavy atom. The third-order valence-corrected chi connectivity index (χ3v) is 4.22. The summed E-state index contributed by atoms with van der Waals surface area (Å²) in [5.41, 5.74) is 1.96. The van der Waals surface area contributed by atoms with Gasteiger partial charge in [0.2, 0.25) is 5.88 Å². The Morgan fingerprint density at radius 2 is 2.08 bits per heavy atom. The van der Waals surface area contributed by atoms with Crippen molar-refractivity contribution in [1.29, 1.82) is 0 Å². The van der Waals surface area contributed by atoms with E-state index in [1.165, 1.54) is 11.1 Å². The lowest BCUT2D eigenvalue weighted by Gasteiger charge is -2.13. The molecular weight excluding hydrogens is 379 g/mol. The zero-order valence-corrected chi connectivity index (χ0v) is 15.8. The van der Waals surface area contributed by atoms with Gasteiger partial charge in [-0.1, -0.05) is 23.2 Å². The van der Waals surface area contributed by atoms with Crippen molar-refractivity contribution in [1.82, 2.24) is 19.7 Å². The highest BCUT2D eigenvalue weighted by molar-refractivity contribution is 6.33. The molecule has 0 radical (unpaired) electrons. The van der Waals surface area contributed by atoms with Crippen LogP contribution in [0.4, 0.5) is 4.79 Å². The van der Waals surface area contributed by atoms with Gasteiger partial charge in [-0.15, -0.1) is 0 Å². The van der Waals surface area contributed by atoms with Crippen LogP contribution in [0.2, 0.25) is 10.0 Å². The first-order valence-corrected chi connectivity index (χ1v) is 8.34. The molecule has 0 aliphatic rings. The molecule has 0 fully saturated rings. The summed E-state index contributed by atoms with van der Waals surface area (Å²) in [4.78, 5) is 16.0. The van der Waals surface area contributed by atoms with Gasteiger partial charge in [-0.25, -0.2) is 9.48 Å². The van der Waals surface area contributed by atoms with Gasteiger partial charge in [0.25, 0.3) is 0 Å². The van der Waals surface area contributed by atoms with E-state index >= 15 is 0 Å². The lowest BCUT2D eigenvalue weighted by atomic mass is 10.1. The van der Waals surface area contributed by atoms with Crippen LogP contribution < -0.4 is 4.74 Å². The van der Waals surface area contributed by atoms with Crippen LogP contribution in [-0.2, 0) is 0 Å². The lowest BCUT2D eigenvalue weighted by molar-refractivity contribution is 0.172. The normalized spacial score (nSPS) is 10.8. The second-order valence-corrected chi connectivity index (χ2v) is 6.68. The van der Waals surface area contributed by atoms with Gasteiger partial charge in [0, 0.05) is 30.9 Å². The fraction of sp³-hybridized carbons (Fsp3) is 0.176. The maximum absolute atomic E-state index is 12.0. The largest absolute Gasteiger partial charge is 0.494 e. The lowest BCUT2D eigenvalue weighted by Crippen LogP contribution is -2.25. The Kier molecular flexibility index (Phi) is 4.84. The third-order valence-electron chi connectivity index (χ3n) is 3.70. The maximum atomic E-state index is 12.0. The van der Waals surface area contributed by atoms with E-state index in [1.807, 2.05) is 0 Å². The number of hydrogen-bond donors (Lipinski definition) is 2. The number of nitrogens with one attached hydrogen (secondary N) is 1. The van der Waals surface area contributed by atoms with Crippen LogP contribution in [0, 0.1) is 6.92 Å². The molecule has 0 saturated carbocycles. The quantitative estimate of drug-likeness (QED) is 0.695. The molecular formula is C17H16Cl2N4O3. The van der Waals surface area contributed by atoms with Crippen LogP contribution in [0.25, 0.3) is 16.8 Å². The van der Waals surface area contributed by atoms with Crippen LogP contribution >= 0.6 is 23.2 Å². The number of carbonyl (C=O) groups is 1. The summed E-state index contributed by atoms with van der Waals surface area (Å²) in [6, 6.07) is 5.15. The van der Waals surface area contributed by atoms with Gasteiger partial charge in [-0.3, -0.25) is 0 Å². The fourth-order valence-corrected chi connectivity index (χ4v) is 2.79. The van der Waals surface area contributed by atoms with Crippen molar-refractivity contribution >= 4 is 29.3 Å². The summed E-state index contributed by atoms with van der Waals surface area (Å²) in [5.74, 6) is 0.0559. The monoisotopic (exact) mass is 394 g/mol. The van der Waals surface area contributed by atoms with Gasteiger partial charge >= 0.3 is 6.09 Å². The van der Waals surface area contributed by atoms with Crippen LogP contribution in [0.1, 0.15) is 5.69 Å². The molecule has 0 atom stereocenters. The van der Waals surface area contributed by atoms with E-state index in [0.29, 0.717) is 32.6 Å². The molecule has 1 amide bonds. The van der Waals surface area contributed by atoms with Crippen molar-refractivity contribution in [2.45, 2.75) is 6.92 Å². The Hall–Kier alpha value is -2.64. The molecule has 0 unspecified atom stereocenters. The number of ether oxygens (including phenoxy) is 1. The predicted octanol–water partition coefficient (Wildman–Crippen LogP) is 4.25. The van der Waals surface area contributed by atoms with Gasteiger partial charge in [-0.05, 0) is 25.1 Å². The molecule has 0 aliphatic heterocycles.